The monoisotopic (exact) mass is 279 g/mol. The zero-order chi connectivity index (χ0) is 10.9. The fourth-order valence-electron chi connectivity index (χ4n) is 0.379. The molecular weight excluding hydrogens is 248 g/mol. The van der Waals surface area contributed by atoms with Crippen molar-refractivity contribution in [3.05, 3.63) is 12.7 Å². The molecule has 0 aliphatic heterocycles. The lowest BCUT2D eigenvalue weighted by Gasteiger charge is -2.10. The molecule has 6 heteroatoms. The third-order valence-corrected chi connectivity index (χ3v) is 2.37. The van der Waals surface area contributed by atoms with Crippen LogP contribution >= 0.6 is 0 Å². The molecule has 0 saturated carbocycles. The van der Waals surface area contributed by atoms with E-state index in [0.29, 0.717) is 0 Å². The molecule has 0 fully saturated rings. The number of likely N-dealkylation sites (N-methyl/N-ethyl adjacent to an activating group) is 1. The molecule has 3 nitrogen and oxygen atoms in total. The van der Waals surface area contributed by atoms with Crippen LogP contribution in [0.5, 0.6) is 0 Å². The SMILES string of the molecule is C.C.C.C.C=CCN(C)S(=O)(=O)CF.CCF. The molecule has 0 radical (unpaired) electrons. The Morgan fingerprint density at radius 1 is 1.18 bits per heavy atom. The van der Waals surface area contributed by atoms with Crippen molar-refractivity contribution in [1.29, 1.82) is 0 Å². The molecule has 0 unspecified atom stereocenters. The lowest BCUT2D eigenvalue weighted by atomic mass is 10.6. The third-order valence-electron chi connectivity index (χ3n) is 0.999. The molecule has 112 valence electrons. The van der Waals surface area contributed by atoms with Gasteiger partial charge in [0, 0.05) is 13.6 Å². The minimum absolute atomic E-state index is 0. The second-order valence-corrected chi connectivity index (χ2v) is 4.06. The number of sulfonamides is 1. The van der Waals surface area contributed by atoms with Crippen LogP contribution in [0.2, 0.25) is 0 Å². The van der Waals surface area contributed by atoms with Crippen molar-refractivity contribution in [3.8, 4) is 0 Å². The normalized spacial score (nSPS) is 8.06. The van der Waals surface area contributed by atoms with Crippen LogP contribution in [0, 0.1) is 0 Å². The van der Waals surface area contributed by atoms with Crippen molar-refractivity contribution >= 4 is 10.0 Å². The first-order valence-corrected chi connectivity index (χ1v) is 5.24. The van der Waals surface area contributed by atoms with E-state index in [0.717, 1.165) is 4.31 Å². The van der Waals surface area contributed by atoms with Gasteiger partial charge < -0.3 is 0 Å². The summed E-state index contributed by atoms with van der Waals surface area (Å²) >= 11 is 0. The van der Waals surface area contributed by atoms with Crippen LogP contribution in [0.1, 0.15) is 36.6 Å². The summed E-state index contributed by atoms with van der Waals surface area (Å²) in [6, 6.07) is -1.35. The van der Waals surface area contributed by atoms with Crippen molar-refractivity contribution in [2.45, 2.75) is 36.6 Å². The van der Waals surface area contributed by atoms with Gasteiger partial charge in [-0.05, 0) is 6.92 Å². The highest BCUT2D eigenvalue weighted by Crippen LogP contribution is 1.97. The third kappa shape index (κ3) is 21.4. The molecule has 0 rings (SSSR count). The minimum Gasteiger partial charge on any atom is -0.251 e. The van der Waals surface area contributed by atoms with E-state index in [1.54, 1.807) is 0 Å². The van der Waals surface area contributed by atoms with Gasteiger partial charge in [-0.2, -0.15) is 4.31 Å². The maximum Gasteiger partial charge on any atom is 0.243 e. The van der Waals surface area contributed by atoms with Crippen LogP contribution in [0.4, 0.5) is 8.78 Å². The Morgan fingerprint density at radius 3 is 1.65 bits per heavy atom. The molecule has 0 atom stereocenters. The standard InChI is InChI=1S/C5H10FNO2S.C2H5F.4CH4/c1-3-4-7(2)10(8,9)5-6;1-2-3;;;;/h3H,1,4-5H2,2H3;2H2,1H3;4*1H4. The Kier molecular flexibility index (Phi) is 44.1. The maximum absolute atomic E-state index is 11.7. The summed E-state index contributed by atoms with van der Waals surface area (Å²) in [6.07, 6.45) is 1.40. The molecule has 0 aliphatic carbocycles. The van der Waals surface area contributed by atoms with E-state index >= 15 is 0 Å². The van der Waals surface area contributed by atoms with E-state index in [9.17, 15) is 17.2 Å². The molecule has 0 aromatic rings. The first-order chi connectivity index (χ1) is 5.96. The number of halogens is 2. The van der Waals surface area contributed by atoms with E-state index in [1.807, 2.05) is 0 Å². The Labute approximate surface area is 108 Å². The summed E-state index contributed by atoms with van der Waals surface area (Å²) in [5.41, 5.74) is 0. The molecule has 0 aromatic carbocycles. The maximum atomic E-state index is 11.7. The average molecular weight is 279 g/mol. The molecule has 0 N–H and O–H groups in total. The van der Waals surface area contributed by atoms with E-state index in [2.05, 4.69) is 6.58 Å². The molecule has 17 heavy (non-hydrogen) atoms. The van der Waals surface area contributed by atoms with Crippen LogP contribution < -0.4 is 0 Å². The lowest BCUT2D eigenvalue weighted by Crippen LogP contribution is -2.27. The Bertz CT molecular complexity index is 220. The van der Waals surface area contributed by atoms with Crippen molar-refractivity contribution < 1.29 is 17.2 Å². The number of rotatable bonds is 4. The molecular formula is C11H31F2NO2S. The molecule has 0 amide bonds. The van der Waals surface area contributed by atoms with Gasteiger partial charge >= 0.3 is 0 Å². The molecule has 0 heterocycles. The predicted octanol–water partition coefficient (Wildman–Crippen LogP) is 3.88. The quantitative estimate of drug-likeness (QED) is 0.732. The Balaban J connectivity index is -0.0000000393. The van der Waals surface area contributed by atoms with Gasteiger partial charge in [0.05, 0.1) is 6.67 Å². The van der Waals surface area contributed by atoms with E-state index in [-0.39, 0.29) is 42.9 Å². The predicted molar refractivity (Wildman–Crippen MR) is 76.3 cm³/mol. The van der Waals surface area contributed by atoms with Gasteiger partial charge in [-0.3, -0.25) is 4.39 Å². The van der Waals surface area contributed by atoms with E-state index < -0.39 is 16.0 Å². The number of alkyl halides is 2. The van der Waals surface area contributed by atoms with Crippen molar-refractivity contribution in [3.63, 3.8) is 0 Å². The van der Waals surface area contributed by atoms with Crippen LogP contribution in [-0.2, 0) is 10.0 Å². The Hall–Kier alpha value is -0.490. The first-order valence-electron chi connectivity index (χ1n) is 3.63. The van der Waals surface area contributed by atoms with Gasteiger partial charge in [0.1, 0.15) is 0 Å². The van der Waals surface area contributed by atoms with Gasteiger partial charge in [0.25, 0.3) is 0 Å². The van der Waals surface area contributed by atoms with Crippen molar-refractivity contribution in [2.75, 3.05) is 26.3 Å². The lowest BCUT2D eigenvalue weighted by molar-refractivity contribution is 0.464. The summed E-state index contributed by atoms with van der Waals surface area (Å²) in [4.78, 5) is 0. The highest BCUT2D eigenvalue weighted by Gasteiger charge is 2.14. The molecule has 0 aromatic heterocycles. The summed E-state index contributed by atoms with van der Waals surface area (Å²) in [7, 11) is -2.36. The van der Waals surface area contributed by atoms with Crippen LogP contribution in [0.15, 0.2) is 12.7 Å². The zero-order valence-electron chi connectivity index (χ0n) is 7.83. The largest absolute Gasteiger partial charge is 0.251 e. The van der Waals surface area contributed by atoms with Gasteiger partial charge in [-0.25, -0.2) is 12.8 Å². The summed E-state index contributed by atoms with van der Waals surface area (Å²) in [6.45, 7) is 4.67. The fourth-order valence-corrected chi connectivity index (χ4v) is 0.878. The molecule has 0 saturated heterocycles. The zero-order valence-corrected chi connectivity index (χ0v) is 8.65. The first kappa shape index (κ1) is 36.0. The summed E-state index contributed by atoms with van der Waals surface area (Å²) in [5.74, 6) is 0. The number of nitrogens with zero attached hydrogens (tertiary/aromatic N) is 1. The minimum atomic E-state index is -3.66. The Morgan fingerprint density at radius 2 is 1.47 bits per heavy atom. The van der Waals surface area contributed by atoms with Gasteiger partial charge in [0.2, 0.25) is 16.0 Å². The van der Waals surface area contributed by atoms with Gasteiger partial charge in [-0.15, -0.1) is 6.58 Å². The van der Waals surface area contributed by atoms with Crippen LogP contribution in [0.3, 0.4) is 0 Å². The van der Waals surface area contributed by atoms with Crippen molar-refractivity contribution in [1.82, 2.24) is 4.31 Å². The van der Waals surface area contributed by atoms with Crippen LogP contribution in [-0.4, -0.2) is 39.0 Å². The van der Waals surface area contributed by atoms with E-state index in [1.165, 1.54) is 20.0 Å². The average Bonchev–Trinajstić information content (AvgIpc) is 2.06. The second-order valence-electron chi connectivity index (χ2n) is 2.06. The highest BCUT2D eigenvalue weighted by molar-refractivity contribution is 7.88. The summed E-state index contributed by atoms with van der Waals surface area (Å²) in [5, 5.41) is 0. The fraction of sp³-hybridized carbons (Fsp3) is 0.818. The molecule has 0 aliphatic rings. The second kappa shape index (κ2) is 20.9. The van der Waals surface area contributed by atoms with E-state index in [4.69, 9.17) is 0 Å². The van der Waals surface area contributed by atoms with Crippen LogP contribution in [0.25, 0.3) is 0 Å². The topological polar surface area (TPSA) is 37.4 Å². The van der Waals surface area contributed by atoms with Gasteiger partial charge in [-0.1, -0.05) is 35.8 Å². The smallest absolute Gasteiger partial charge is 0.243 e. The molecule has 0 bridgehead atoms. The van der Waals surface area contributed by atoms with Crippen molar-refractivity contribution in [2.24, 2.45) is 0 Å². The number of hydrogen-bond donors (Lipinski definition) is 0. The summed E-state index contributed by atoms with van der Waals surface area (Å²) < 4.78 is 44.1. The van der Waals surface area contributed by atoms with Gasteiger partial charge in [0.15, 0.2) is 0 Å². The molecule has 0 spiro atoms. The highest BCUT2D eigenvalue weighted by atomic mass is 32.2. The number of hydrogen-bond acceptors (Lipinski definition) is 2.